The van der Waals surface area contributed by atoms with Crippen molar-refractivity contribution in [3.63, 3.8) is 0 Å². The molecule has 90 valence electrons. The molecule has 5 nitrogen and oxygen atoms in total. The molecule has 0 aliphatic carbocycles. The first kappa shape index (κ1) is 11.4. The predicted molar refractivity (Wildman–Crippen MR) is 64.0 cm³/mol. The van der Waals surface area contributed by atoms with Gasteiger partial charge in [0.15, 0.2) is 0 Å². The number of hydrogen-bond acceptors (Lipinski definition) is 4. The molecule has 0 fully saturated rings. The van der Waals surface area contributed by atoms with Crippen LogP contribution in [0.15, 0.2) is 18.5 Å². The van der Waals surface area contributed by atoms with E-state index in [1.807, 2.05) is 6.92 Å². The lowest BCUT2D eigenvalue weighted by Crippen LogP contribution is -2.10. The van der Waals surface area contributed by atoms with Crippen molar-refractivity contribution in [3.8, 4) is 0 Å². The van der Waals surface area contributed by atoms with Crippen molar-refractivity contribution in [3.05, 3.63) is 35.7 Å². The monoisotopic (exact) mass is 235 g/mol. The van der Waals surface area contributed by atoms with Crippen molar-refractivity contribution in [2.24, 2.45) is 0 Å². The second-order valence-corrected chi connectivity index (χ2v) is 3.93. The number of nitrogens with zero attached hydrogens (tertiary/aromatic N) is 2. The molecule has 2 aromatic rings. The van der Waals surface area contributed by atoms with Crippen LogP contribution in [0.25, 0.3) is 0 Å². The summed E-state index contributed by atoms with van der Waals surface area (Å²) in [6.07, 6.45) is 1.44. The van der Waals surface area contributed by atoms with Crippen LogP contribution in [0.4, 0.5) is 15.8 Å². The first-order valence-electron chi connectivity index (χ1n) is 5.25. The minimum Gasteiger partial charge on any atom is -0.397 e. The predicted octanol–water partition coefficient (Wildman–Crippen LogP) is 2.01. The summed E-state index contributed by atoms with van der Waals surface area (Å²) in [6.45, 7) is 3.61. The largest absolute Gasteiger partial charge is 0.397 e. The van der Waals surface area contributed by atoms with Crippen molar-refractivity contribution in [1.29, 1.82) is 0 Å². The number of aromatic nitrogens is 3. The number of nitrogens with two attached hydrogens (primary N) is 1. The van der Waals surface area contributed by atoms with Crippen LogP contribution >= 0.6 is 0 Å². The Morgan fingerprint density at radius 2 is 2.24 bits per heavy atom. The van der Waals surface area contributed by atoms with Gasteiger partial charge in [0.25, 0.3) is 0 Å². The second kappa shape index (κ2) is 4.40. The Hall–Kier alpha value is -2.11. The third-order valence-electron chi connectivity index (χ3n) is 2.55. The Morgan fingerprint density at radius 1 is 1.47 bits per heavy atom. The lowest BCUT2D eigenvalue weighted by atomic mass is 10.1. The average molecular weight is 235 g/mol. The van der Waals surface area contributed by atoms with E-state index in [1.165, 1.54) is 12.4 Å². The molecule has 0 bridgehead atoms. The molecular weight excluding hydrogens is 221 g/mol. The topological polar surface area (TPSA) is 79.6 Å². The van der Waals surface area contributed by atoms with Crippen LogP contribution in [0.1, 0.15) is 24.4 Å². The van der Waals surface area contributed by atoms with Gasteiger partial charge in [0.1, 0.15) is 18.0 Å². The van der Waals surface area contributed by atoms with Crippen LogP contribution in [-0.4, -0.2) is 15.2 Å². The van der Waals surface area contributed by atoms with E-state index >= 15 is 0 Å². The molecule has 1 atom stereocenters. The standard InChI is InChI=1S/C11H14FN5/c1-6-3-10(9(13)4-8(6)12)16-7(2)11-14-5-15-17-11/h3-5,7,16H,13H2,1-2H3,(H,14,15,17). The quantitative estimate of drug-likeness (QED) is 0.711. The zero-order valence-corrected chi connectivity index (χ0v) is 9.66. The molecule has 1 aromatic heterocycles. The molecule has 1 unspecified atom stereocenters. The van der Waals surface area contributed by atoms with Crippen molar-refractivity contribution in [1.82, 2.24) is 15.2 Å². The van der Waals surface area contributed by atoms with Crippen molar-refractivity contribution >= 4 is 11.4 Å². The van der Waals surface area contributed by atoms with Gasteiger partial charge in [-0.25, -0.2) is 9.37 Å². The van der Waals surface area contributed by atoms with Gasteiger partial charge in [0.05, 0.1) is 17.4 Å². The van der Waals surface area contributed by atoms with Gasteiger partial charge in [-0.3, -0.25) is 5.10 Å². The Morgan fingerprint density at radius 3 is 2.88 bits per heavy atom. The van der Waals surface area contributed by atoms with E-state index in [-0.39, 0.29) is 11.9 Å². The molecule has 0 radical (unpaired) electrons. The highest BCUT2D eigenvalue weighted by molar-refractivity contribution is 5.67. The van der Waals surface area contributed by atoms with E-state index in [1.54, 1.807) is 13.0 Å². The molecule has 1 aromatic carbocycles. The fraction of sp³-hybridized carbons (Fsp3) is 0.273. The lowest BCUT2D eigenvalue weighted by molar-refractivity contribution is 0.619. The molecule has 0 saturated heterocycles. The summed E-state index contributed by atoms with van der Waals surface area (Å²) in [6, 6.07) is 2.91. The van der Waals surface area contributed by atoms with Gasteiger partial charge >= 0.3 is 0 Å². The number of H-pyrrole nitrogens is 1. The third kappa shape index (κ3) is 2.35. The Bertz CT molecular complexity index is 509. The van der Waals surface area contributed by atoms with Gasteiger partial charge < -0.3 is 11.1 Å². The number of nitrogens with one attached hydrogen (secondary N) is 2. The minimum atomic E-state index is -0.305. The SMILES string of the molecule is Cc1cc(NC(C)c2ncn[nH]2)c(N)cc1F. The molecule has 1 heterocycles. The van der Waals surface area contributed by atoms with Crippen molar-refractivity contribution in [2.45, 2.75) is 19.9 Å². The molecule has 6 heteroatoms. The lowest BCUT2D eigenvalue weighted by Gasteiger charge is -2.15. The van der Waals surface area contributed by atoms with Crippen LogP contribution in [0, 0.1) is 12.7 Å². The highest BCUT2D eigenvalue weighted by Crippen LogP contribution is 2.25. The Balaban J connectivity index is 2.22. The summed E-state index contributed by atoms with van der Waals surface area (Å²) in [4.78, 5) is 4.04. The van der Waals surface area contributed by atoms with Gasteiger partial charge in [-0.1, -0.05) is 0 Å². The van der Waals surface area contributed by atoms with Crippen molar-refractivity contribution in [2.75, 3.05) is 11.1 Å². The van der Waals surface area contributed by atoms with Crippen LogP contribution in [0.2, 0.25) is 0 Å². The van der Waals surface area contributed by atoms with Gasteiger partial charge in [-0.05, 0) is 31.5 Å². The summed E-state index contributed by atoms with van der Waals surface area (Å²) in [5.74, 6) is 0.395. The molecular formula is C11H14FN5. The van der Waals surface area contributed by atoms with Gasteiger partial charge in [-0.2, -0.15) is 5.10 Å². The van der Waals surface area contributed by atoms with Gasteiger partial charge in [-0.15, -0.1) is 0 Å². The Labute approximate surface area is 98.3 Å². The molecule has 2 rings (SSSR count). The van der Waals surface area contributed by atoms with Crippen LogP contribution in [0.3, 0.4) is 0 Å². The molecule has 0 amide bonds. The molecule has 0 spiro atoms. The summed E-state index contributed by atoms with van der Waals surface area (Å²) in [5.41, 5.74) is 7.35. The van der Waals surface area contributed by atoms with E-state index in [2.05, 4.69) is 20.5 Å². The van der Waals surface area contributed by atoms with Crippen LogP contribution < -0.4 is 11.1 Å². The zero-order valence-electron chi connectivity index (χ0n) is 9.66. The fourth-order valence-corrected chi connectivity index (χ4v) is 1.55. The summed E-state index contributed by atoms with van der Waals surface area (Å²) in [5, 5.41) is 9.69. The van der Waals surface area contributed by atoms with Crippen LogP contribution in [-0.2, 0) is 0 Å². The number of rotatable bonds is 3. The minimum absolute atomic E-state index is 0.0790. The molecule has 4 N–H and O–H groups in total. The highest BCUT2D eigenvalue weighted by Gasteiger charge is 2.11. The summed E-state index contributed by atoms with van der Waals surface area (Å²) >= 11 is 0. The second-order valence-electron chi connectivity index (χ2n) is 3.93. The molecule has 0 saturated carbocycles. The number of aryl methyl sites for hydroxylation is 1. The normalized spacial score (nSPS) is 12.4. The maximum absolute atomic E-state index is 13.2. The average Bonchev–Trinajstić information content (AvgIpc) is 2.79. The first-order valence-corrected chi connectivity index (χ1v) is 5.25. The van der Waals surface area contributed by atoms with E-state index < -0.39 is 0 Å². The summed E-state index contributed by atoms with van der Waals surface area (Å²) < 4.78 is 13.2. The maximum atomic E-state index is 13.2. The number of nitrogen functional groups attached to an aromatic ring is 1. The number of benzene rings is 1. The van der Waals surface area contributed by atoms with Gasteiger partial charge in [0, 0.05) is 0 Å². The molecule has 17 heavy (non-hydrogen) atoms. The number of aromatic amines is 1. The van der Waals surface area contributed by atoms with E-state index in [9.17, 15) is 4.39 Å². The molecule has 0 aliphatic heterocycles. The fourth-order valence-electron chi connectivity index (χ4n) is 1.55. The van der Waals surface area contributed by atoms with Gasteiger partial charge in [0.2, 0.25) is 0 Å². The smallest absolute Gasteiger partial charge is 0.146 e. The number of anilines is 2. The summed E-state index contributed by atoms with van der Waals surface area (Å²) in [7, 11) is 0. The number of halogens is 1. The zero-order chi connectivity index (χ0) is 12.4. The third-order valence-corrected chi connectivity index (χ3v) is 2.55. The van der Waals surface area contributed by atoms with E-state index in [0.717, 1.165) is 0 Å². The first-order chi connectivity index (χ1) is 8.08. The highest BCUT2D eigenvalue weighted by atomic mass is 19.1. The maximum Gasteiger partial charge on any atom is 0.146 e. The van der Waals surface area contributed by atoms with Crippen LogP contribution in [0.5, 0.6) is 0 Å². The van der Waals surface area contributed by atoms with E-state index in [0.29, 0.717) is 22.8 Å². The van der Waals surface area contributed by atoms with Crippen molar-refractivity contribution < 1.29 is 4.39 Å². The number of hydrogen-bond donors (Lipinski definition) is 3. The van der Waals surface area contributed by atoms with E-state index in [4.69, 9.17) is 5.73 Å². The Kier molecular flexibility index (Phi) is 2.95. The molecule has 0 aliphatic rings.